The van der Waals surface area contributed by atoms with Crippen molar-refractivity contribution in [1.29, 1.82) is 0 Å². The number of ether oxygens (including phenoxy) is 2. The molecule has 88 valence electrons. The molecule has 16 heavy (non-hydrogen) atoms. The van der Waals surface area contributed by atoms with Gasteiger partial charge in [-0.1, -0.05) is 0 Å². The van der Waals surface area contributed by atoms with E-state index in [0.29, 0.717) is 12.5 Å². The third kappa shape index (κ3) is 2.71. The predicted octanol–water partition coefficient (Wildman–Crippen LogP) is 2.23. The maximum Gasteiger partial charge on any atom is 0.222 e. The predicted molar refractivity (Wildman–Crippen MR) is 63.5 cm³/mol. The van der Waals surface area contributed by atoms with Crippen molar-refractivity contribution in [3.8, 4) is 0 Å². The largest absolute Gasteiger partial charge is 0.381 e. The molecule has 0 saturated carbocycles. The summed E-state index contributed by atoms with van der Waals surface area (Å²) in [5.74, 6) is 0.540. The lowest BCUT2D eigenvalue weighted by molar-refractivity contribution is -0.0317. The Morgan fingerprint density at radius 1 is 1.44 bits per heavy atom. The minimum absolute atomic E-state index is 0.269. The number of halogens is 2. The lowest BCUT2D eigenvalue weighted by atomic mass is 10.0. The van der Waals surface area contributed by atoms with Crippen molar-refractivity contribution in [3.05, 3.63) is 21.1 Å². The van der Waals surface area contributed by atoms with Crippen LogP contribution in [0.5, 0.6) is 0 Å². The molecule has 6 heteroatoms. The molecule has 0 aliphatic carbocycles. The Hall–Kier alpha value is -0.230. The molecule has 1 aromatic heterocycles. The van der Waals surface area contributed by atoms with Gasteiger partial charge in [0.15, 0.2) is 0 Å². The minimum atomic E-state index is 0.269. The zero-order valence-electron chi connectivity index (χ0n) is 8.87. The van der Waals surface area contributed by atoms with Gasteiger partial charge in [0.05, 0.1) is 35.7 Å². The molecule has 2 heterocycles. The van der Waals surface area contributed by atoms with Crippen molar-refractivity contribution in [2.75, 3.05) is 20.3 Å². The van der Waals surface area contributed by atoms with E-state index in [-0.39, 0.29) is 5.28 Å². The molecule has 0 aromatic carbocycles. The van der Waals surface area contributed by atoms with Gasteiger partial charge < -0.3 is 9.47 Å². The van der Waals surface area contributed by atoms with Gasteiger partial charge in [-0.15, -0.1) is 0 Å². The van der Waals surface area contributed by atoms with Gasteiger partial charge in [-0.2, -0.15) is 0 Å². The first-order valence-corrected chi connectivity index (χ1v) is 6.15. The molecular weight excluding hydrogens is 295 g/mol. The Bertz CT molecular complexity index is 385. The minimum Gasteiger partial charge on any atom is -0.381 e. The molecule has 4 nitrogen and oxygen atoms in total. The Kier molecular flexibility index (Phi) is 4.13. The molecule has 1 aromatic rings. The highest BCUT2D eigenvalue weighted by atomic mass is 79.9. The van der Waals surface area contributed by atoms with Crippen LogP contribution in [0.25, 0.3) is 0 Å². The summed E-state index contributed by atoms with van der Waals surface area (Å²) in [4.78, 5) is 8.36. The highest BCUT2D eigenvalue weighted by Crippen LogP contribution is 2.25. The molecule has 0 spiro atoms. The number of methoxy groups -OCH3 is 1. The number of aromatic nitrogens is 2. The van der Waals surface area contributed by atoms with Gasteiger partial charge in [-0.3, -0.25) is 0 Å². The van der Waals surface area contributed by atoms with Gasteiger partial charge in [-0.25, -0.2) is 9.97 Å². The molecule has 0 radical (unpaired) electrons. The SMILES string of the molecule is COCc1nc(Cl)nc(CC2COC2)c1Br. The van der Waals surface area contributed by atoms with Crippen LogP contribution in [0.15, 0.2) is 4.47 Å². The van der Waals surface area contributed by atoms with Gasteiger partial charge in [0, 0.05) is 13.0 Å². The van der Waals surface area contributed by atoms with E-state index in [4.69, 9.17) is 21.1 Å². The second kappa shape index (κ2) is 5.40. The van der Waals surface area contributed by atoms with E-state index in [9.17, 15) is 0 Å². The summed E-state index contributed by atoms with van der Waals surface area (Å²) in [5.41, 5.74) is 1.72. The monoisotopic (exact) mass is 306 g/mol. The fourth-order valence-corrected chi connectivity index (χ4v) is 2.21. The first-order valence-electron chi connectivity index (χ1n) is 4.98. The first kappa shape index (κ1) is 12.2. The van der Waals surface area contributed by atoms with Crippen LogP contribution >= 0.6 is 27.5 Å². The van der Waals surface area contributed by atoms with Crippen LogP contribution in [-0.2, 0) is 22.5 Å². The second-order valence-corrected chi connectivity index (χ2v) is 4.87. The Balaban J connectivity index is 2.21. The molecule has 0 atom stereocenters. The fourth-order valence-electron chi connectivity index (χ4n) is 1.56. The highest BCUT2D eigenvalue weighted by molar-refractivity contribution is 9.10. The van der Waals surface area contributed by atoms with Gasteiger partial charge in [-0.05, 0) is 34.0 Å². The standard InChI is InChI=1S/C10H12BrClN2O2/c1-15-5-8-9(11)7(13-10(12)14-8)2-6-3-16-4-6/h6H,2-5H2,1H3. The quantitative estimate of drug-likeness (QED) is 0.800. The maximum absolute atomic E-state index is 5.87. The average Bonchev–Trinajstić information content (AvgIpc) is 2.18. The van der Waals surface area contributed by atoms with Crippen LogP contribution in [0, 0.1) is 5.92 Å². The van der Waals surface area contributed by atoms with E-state index in [2.05, 4.69) is 25.9 Å². The van der Waals surface area contributed by atoms with Gasteiger partial charge >= 0.3 is 0 Å². The van der Waals surface area contributed by atoms with Crippen LogP contribution in [0.4, 0.5) is 0 Å². The summed E-state index contributed by atoms with van der Waals surface area (Å²) >= 11 is 9.37. The number of hydrogen-bond acceptors (Lipinski definition) is 4. The molecule has 1 aliphatic rings. The average molecular weight is 308 g/mol. The van der Waals surface area contributed by atoms with E-state index in [0.717, 1.165) is 35.5 Å². The van der Waals surface area contributed by atoms with Gasteiger partial charge in [0.2, 0.25) is 5.28 Å². The molecule has 1 fully saturated rings. The first-order chi connectivity index (χ1) is 7.70. The van der Waals surface area contributed by atoms with Crippen LogP contribution < -0.4 is 0 Å². The molecule has 1 saturated heterocycles. The zero-order valence-corrected chi connectivity index (χ0v) is 11.2. The van der Waals surface area contributed by atoms with Crippen LogP contribution in [0.2, 0.25) is 5.28 Å². The van der Waals surface area contributed by atoms with Crippen LogP contribution in [-0.4, -0.2) is 30.3 Å². The van der Waals surface area contributed by atoms with Crippen molar-refractivity contribution in [1.82, 2.24) is 9.97 Å². The van der Waals surface area contributed by atoms with E-state index in [1.54, 1.807) is 7.11 Å². The fraction of sp³-hybridized carbons (Fsp3) is 0.600. The molecule has 1 aliphatic heterocycles. The third-order valence-corrected chi connectivity index (χ3v) is 3.52. The molecular formula is C10H12BrClN2O2. The molecule has 0 bridgehead atoms. The Morgan fingerprint density at radius 2 is 2.12 bits per heavy atom. The summed E-state index contributed by atoms with van der Waals surface area (Å²) in [5, 5.41) is 0.269. The molecule has 0 amide bonds. The number of hydrogen-bond donors (Lipinski definition) is 0. The topological polar surface area (TPSA) is 44.2 Å². The van der Waals surface area contributed by atoms with Crippen molar-refractivity contribution in [3.63, 3.8) is 0 Å². The van der Waals surface area contributed by atoms with E-state index in [1.165, 1.54) is 0 Å². The smallest absolute Gasteiger partial charge is 0.222 e. The summed E-state index contributed by atoms with van der Waals surface area (Å²) in [7, 11) is 1.63. The maximum atomic E-state index is 5.87. The molecule has 0 unspecified atom stereocenters. The van der Waals surface area contributed by atoms with Crippen LogP contribution in [0.1, 0.15) is 11.4 Å². The van der Waals surface area contributed by atoms with Crippen LogP contribution in [0.3, 0.4) is 0 Å². The van der Waals surface area contributed by atoms with E-state index in [1.807, 2.05) is 0 Å². The van der Waals surface area contributed by atoms with Gasteiger partial charge in [0.25, 0.3) is 0 Å². The zero-order chi connectivity index (χ0) is 11.5. The normalized spacial score (nSPS) is 16.2. The summed E-state index contributed by atoms with van der Waals surface area (Å²) < 4.78 is 11.1. The molecule has 0 N–H and O–H groups in total. The summed E-state index contributed by atoms with van der Waals surface area (Å²) in [6.45, 7) is 2.03. The second-order valence-electron chi connectivity index (χ2n) is 3.74. The molecule has 2 rings (SSSR count). The highest BCUT2D eigenvalue weighted by Gasteiger charge is 2.22. The summed E-state index contributed by atoms with van der Waals surface area (Å²) in [6.07, 6.45) is 0.861. The third-order valence-electron chi connectivity index (χ3n) is 2.43. The van der Waals surface area contributed by atoms with Crippen molar-refractivity contribution >= 4 is 27.5 Å². The van der Waals surface area contributed by atoms with Crippen molar-refractivity contribution in [2.24, 2.45) is 5.92 Å². The van der Waals surface area contributed by atoms with Gasteiger partial charge in [0.1, 0.15) is 0 Å². The lowest BCUT2D eigenvalue weighted by Gasteiger charge is -2.26. The van der Waals surface area contributed by atoms with Crippen molar-refractivity contribution in [2.45, 2.75) is 13.0 Å². The van der Waals surface area contributed by atoms with E-state index < -0.39 is 0 Å². The number of rotatable bonds is 4. The van der Waals surface area contributed by atoms with Crippen molar-refractivity contribution < 1.29 is 9.47 Å². The van der Waals surface area contributed by atoms with E-state index >= 15 is 0 Å². The number of nitrogens with zero attached hydrogens (tertiary/aromatic N) is 2. The summed E-state index contributed by atoms with van der Waals surface area (Å²) in [6, 6.07) is 0. The Morgan fingerprint density at radius 3 is 2.69 bits per heavy atom. The lowest BCUT2D eigenvalue weighted by Crippen LogP contribution is -2.29. The Labute approximate surface area is 107 Å².